The zero-order chi connectivity index (χ0) is 17.8. The lowest BCUT2D eigenvalue weighted by Gasteiger charge is -1.97. The molecule has 0 aliphatic heterocycles. The molecule has 0 aliphatic rings. The van der Waals surface area contributed by atoms with Crippen LogP contribution in [0.1, 0.15) is 0 Å². The Bertz CT molecular complexity index is 1100. The molecule has 0 saturated heterocycles. The summed E-state index contributed by atoms with van der Waals surface area (Å²) in [7, 11) is 0. The van der Waals surface area contributed by atoms with E-state index in [1.807, 2.05) is 84.9 Å². The fourth-order valence-corrected chi connectivity index (χ4v) is 2.74. The molecule has 2 N–H and O–H groups in total. The van der Waals surface area contributed by atoms with Gasteiger partial charge in [0.15, 0.2) is 0 Å². The maximum atomic E-state index is 12.9. The van der Waals surface area contributed by atoms with E-state index in [9.17, 15) is 4.79 Å². The number of rotatable bonds is 4. The molecular formula is C21H16N4O. The number of hydrogen-bond acceptors (Lipinski definition) is 5. The van der Waals surface area contributed by atoms with Gasteiger partial charge in [0.05, 0.1) is 11.4 Å². The van der Waals surface area contributed by atoms with E-state index in [1.165, 1.54) is 0 Å². The summed E-state index contributed by atoms with van der Waals surface area (Å²) in [5.74, 6) is 0. The lowest BCUT2D eigenvalue weighted by atomic mass is 10.2. The molecule has 0 unspecified atom stereocenters. The fourth-order valence-electron chi connectivity index (χ4n) is 2.74. The number of nitrogens with one attached hydrogen (secondary N) is 2. The molecular weight excluding hydrogens is 324 g/mol. The first-order valence-electron chi connectivity index (χ1n) is 8.25. The lowest BCUT2D eigenvalue weighted by Crippen LogP contribution is -2.33. The Morgan fingerprint density at radius 1 is 0.538 bits per heavy atom. The van der Waals surface area contributed by atoms with E-state index < -0.39 is 0 Å². The van der Waals surface area contributed by atoms with Gasteiger partial charge in [-0.2, -0.15) is 10.2 Å². The maximum Gasteiger partial charge on any atom is 0.234 e. The summed E-state index contributed by atoms with van der Waals surface area (Å²) in [6.45, 7) is 0. The Hall–Kier alpha value is -3.73. The minimum Gasteiger partial charge on any atom is -0.285 e. The van der Waals surface area contributed by atoms with Crippen molar-refractivity contribution < 1.29 is 0 Å². The molecule has 0 saturated carbocycles. The van der Waals surface area contributed by atoms with Gasteiger partial charge in [-0.3, -0.25) is 15.6 Å². The second kappa shape index (κ2) is 7.03. The van der Waals surface area contributed by atoms with Gasteiger partial charge < -0.3 is 0 Å². The Balaban J connectivity index is 1.82. The van der Waals surface area contributed by atoms with Crippen molar-refractivity contribution in [1.82, 2.24) is 0 Å². The molecule has 0 fully saturated rings. The van der Waals surface area contributed by atoms with Crippen molar-refractivity contribution >= 4 is 22.1 Å². The predicted molar refractivity (Wildman–Crippen MR) is 104 cm³/mol. The summed E-state index contributed by atoms with van der Waals surface area (Å²) in [6, 6.07) is 26.6. The largest absolute Gasteiger partial charge is 0.285 e. The molecule has 4 rings (SSSR count). The van der Waals surface area contributed by atoms with Crippen molar-refractivity contribution in [1.29, 1.82) is 0 Å². The van der Waals surface area contributed by atoms with E-state index in [0.717, 1.165) is 22.1 Å². The summed E-state index contributed by atoms with van der Waals surface area (Å²) in [5.41, 5.74) is 7.31. The highest BCUT2D eigenvalue weighted by Gasteiger charge is 2.09. The third-order valence-corrected chi connectivity index (χ3v) is 4.01. The Morgan fingerprint density at radius 3 is 1.35 bits per heavy atom. The summed E-state index contributed by atoms with van der Waals surface area (Å²) in [5, 5.41) is 10.9. The maximum absolute atomic E-state index is 12.9. The van der Waals surface area contributed by atoms with E-state index >= 15 is 0 Å². The van der Waals surface area contributed by atoms with Crippen LogP contribution in [0.25, 0.3) is 10.8 Å². The molecule has 0 radical (unpaired) electrons. The van der Waals surface area contributed by atoms with E-state index in [-0.39, 0.29) is 5.43 Å². The van der Waals surface area contributed by atoms with Gasteiger partial charge in [0.2, 0.25) is 5.43 Å². The smallest absolute Gasteiger partial charge is 0.234 e. The zero-order valence-corrected chi connectivity index (χ0v) is 13.9. The number of fused-ring (bicyclic) bond motifs is 1. The molecule has 4 aromatic rings. The van der Waals surface area contributed by atoms with Crippen molar-refractivity contribution in [3.05, 3.63) is 106 Å². The van der Waals surface area contributed by atoms with Crippen molar-refractivity contribution in [2.24, 2.45) is 10.2 Å². The highest BCUT2D eigenvalue weighted by Crippen LogP contribution is 2.07. The van der Waals surface area contributed by atoms with Crippen LogP contribution in [0, 0.1) is 0 Å². The summed E-state index contributed by atoms with van der Waals surface area (Å²) >= 11 is 0. The van der Waals surface area contributed by atoms with Crippen LogP contribution in [0.3, 0.4) is 0 Å². The van der Waals surface area contributed by atoms with Gasteiger partial charge in [-0.15, -0.1) is 0 Å². The third-order valence-electron chi connectivity index (χ3n) is 4.01. The zero-order valence-electron chi connectivity index (χ0n) is 13.9. The van der Waals surface area contributed by atoms with Crippen molar-refractivity contribution in [2.45, 2.75) is 0 Å². The van der Waals surface area contributed by atoms with Crippen molar-refractivity contribution in [3.8, 4) is 0 Å². The molecule has 0 bridgehead atoms. The standard InChI is InChI=1S/C21H16N4O/c26-21-19(24-22-15-9-3-1-4-10-15)17-13-7-8-14-18(17)20(21)25-23-16-11-5-2-6-12-16/h1-14,22-23H/b24-19-,25-20+. The van der Waals surface area contributed by atoms with Crippen LogP contribution < -0.4 is 27.0 Å². The SMILES string of the molecule is O=c1/c(=N\Nc2ccccc2)c2ccccc2/c1=N\Nc1ccccc1. The molecule has 0 atom stereocenters. The molecule has 0 aliphatic carbocycles. The first kappa shape index (κ1) is 15.8. The van der Waals surface area contributed by atoms with E-state index in [0.29, 0.717) is 10.7 Å². The normalized spacial score (nSPS) is 12.5. The quantitative estimate of drug-likeness (QED) is 0.561. The predicted octanol–water partition coefficient (Wildman–Crippen LogP) is 2.93. The molecule has 0 aromatic heterocycles. The lowest BCUT2D eigenvalue weighted by molar-refractivity contribution is 1.18. The summed E-state index contributed by atoms with van der Waals surface area (Å²) in [6.07, 6.45) is 0. The monoisotopic (exact) mass is 340 g/mol. The number of benzene rings is 3. The van der Waals surface area contributed by atoms with Gasteiger partial charge in [-0.1, -0.05) is 60.7 Å². The van der Waals surface area contributed by atoms with Crippen LogP contribution in [0.2, 0.25) is 0 Å². The van der Waals surface area contributed by atoms with Gasteiger partial charge in [-0.05, 0) is 24.3 Å². The number of nitrogens with zero attached hydrogens (tertiary/aromatic N) is 2. The Labute approximate surface area is 149 Å². The van der Waals surface area contributed by atoms with Crippen LogP contribution in [0.4, 0.5) is 11.4 Å². The highest BCUT2D eigenvalue weighted by molar-refractivity contribution is 5.83. The van der Waals surface area contributed by atoms with E-state index in [2.05, 4.69) is 21.1 Å². The average molecular weight is 340 g/mol. The number of para-hydroxylation sites is 2. The van der Waals surface area contributed by atoms with Crippen LogP contribution >= 0.6 is 0 Å². The van der Waals surface area contributed by atoms with Crippen LogP contribution in [0.15, 0.2) is 99.9 Å². The average Bonchev–Trinajstić information content (AvgIpc) is 2.97. The van der Waals surface area contributed by atoms with Crippen molar-refractivity contribution in [3.63, 3.8) is 0 Å². The number of hydrogen-bond donors (Lipinski definition) is 2. The summed E-state index contributed by atoms with van der Waals surface area (Å²) in [4.78, 5) is 12.9. The highest BCUT2D eigenvalue weighted by atomic mass is 16.1. The van der Waals surface area contributed by atoms with E-state index in [1.54, 1.807) is 0 Å². The molecule has 126 valence electrons. The topological polar surface area (TPSA) is 65.8 Å². The molecule has 5 heteroatoms. The molecule has 0 heterocycles. The van der Waals surface area contributed by atoms with Crippen LogP contribution in [-0.2, 0) is 0 Å². The second-order valence-corrected chi connectivity index (χ2v) is 5.75. The van der Waals surface area contributed by atoms with Gasteiger partial charge in [0.1, 0.15) is 10.7 Å². The molecule has 0 spiro atoms. The van der Waals surface area contributed by atoms with E-state index in [4.69, 9.17) is 0 Å². The Morgan fingerprint density at radius 2 is 0.923 bits per heavy atom. The minimum absolute atomic E-state index is 0.210. The van der Waals surface area contributed by atoms with Gasteiger partial charge >= 0.3 is 0 Å². The molecule has 5 nitrogen and oxygen atoms in total. The first-order chi connectivity index (χ1) is 12.8. The number of anilines is 2. The fraction of sp³-hybridized carbons (Fsp3) is 0. The van der Waals surface area contributed by atoms with Gasteiger partial charge in [0, 0.05) is 10.8 Å². The molecule has 26 heavy (non-hydrogen) atoms. The third kappa shape index (κ3) is 3.10. The van der Waals surface area contributed by atoms with Gasteiger partial charge in [-0.25, -0.2) is 0 Å². The van der Waals surface area contributed by atoms with Crippen molar-refractivity contribution in [2.75, 3.05) is 10.9 Å². The van der Waals surface area contributed by atoms with Crippen LogP contribution in [0.5, 0.6) is 0 Å². The first-order valence-corrected chi connectivity index (χ1v) is 8.25. The molecule has 0 amide bonds. The summed E-state index contributed by atoms with van der Waals surface area (Å²) < 4.78 is 0. The van der Waals surface area contributed by atoms with Gasteiger partial charge in [0.25, 0.3) is 0 Å². The van der Waals surface area contributed by atoms with Crippen LogP contribution in [-0.4, -0.2) is 0 Å². The minimum atomic E-state index is -0.210. The Kier molecular flexibility index (Phi) is 4.26. The molecule has 4 aromatic carbocycles. The second-order valence-electron chi connectivity index (χ2n) is 5.75.